The molecular weight excluding hydrogens is 284 g/mol. The average Bonchev–Trinajstić information content (AvgIpc) is 2.91. The molecule has 3 rings (SSSR count). The third-order valence-corrected chi connectivity index (χ3v) is 4.40. The summed E-state index contributed by atoms with van der Waals surface area (Å²) in [7, 11) is 0. The van der Waals surface area contributed by atoms with Gasteiger partial charge in [0.25, 0.3) is 0 Å². The fourth-order valence-corrected chi connectivity index (χ4v) is 3.19. The van der Waals surface area contributed by atoms with Gasteiger partial charge in [0.2, 0.25) is 0 Å². The highest BCUT2D eigenvalue weighted by Gasteiger charge is 2.32. The molecule has 0 fully saturated rings. The molecule has 4 nitrogen and oxygen atoms in total. The van der Waals surface area contributed by atoms with Gasteiger partial charge in [-0.05, 0) is 41.5 Å². The predicted octanol–water partition coefficient (Wildman–Crippen LogP) is 2.33. The van der Waals surface area contributed by atoms with Gasteiger partial charge in [-0.3, -0.25) is 9.98 Å². The van der Waals surface area contributed by atoms with E-state index in [1.165, 1.54) is 11.1 Å². The molecule has 3 N–H and O–H groups in total. The van der Waals surface area contributed by atoms with Gasteiger partial charge in [-0.1, -0.05) is 37.3 Å². The molecule has 0 radical (unpaired) electrons. The molecule has 120 valence electrons. The fraction of sp³-hybridized carbons (Fsp3) is 0.368. The minimum absolute atomic E-state index is 0.178. The summed E-state index contributed by atoms with van der Waals surface area (Å²) in [5.41, 5.74) is 10.1. The normalized spacial score (nSPS) is 16.1. The first kappa shape index (κ1) is 15.5. The van der Waals surface area contributed by atoms with E-state index in [-0.39, 0.29) is 5.41 Å². The highest BCUT2D eigenvalue weighted by atomic mass is 15.1. The van der Waals surface area contributed by atoms with Gasteiger partial charge in [-0.25, -0.2) is 0 Å². The van der Waals surface area contributed by atoms with Crippen LogP contribution in [0.2, 0.25) is 0 Å². The number of pyridine rings is 1. The van der Waals surface area contributed by atoms with Crippen molar-refractivity contribution in [1.82, 2.24) is 10.3 Å². The molecule has 0 saturated heterocycles. The molecular formula is C19H24N4. The van der Waals surface area contributed by atoms with Gasteiger partial charge in [0.15, 0.2) is 5.96 Å². The monoisotopic (exact) mass is 308 g/mol. The molecule has 2 aromatic rings. The van der Waals surface area contributed by atoms with Crippen molar-refractivity contribution in [2.75, 3.05) is 13.1 Å². The van der Waals surface area contributed by atoms with Crippen LogP contribution in [0.15, 0.2) is 53.7 Å². The van der Waals surface area contributed by atoms with Gasteiger partial charge >= 0.3 is 0 Å². The zero-order chi connectivity index (χ0) is 16.1. The van der Waals surface area contributed by atoms with Crippen molar-refractivity contribution < 1.29 is 0 Å². The van der Waals surface area contributed by atoms with Crippen LogP contribution in [0.1, 0.15) is 23.7 Å². The minimum atomic E-state index is 0.178. The van der Waals surface area contributed by atoms with Crippen molar-refractivity contribution in [3.05, 3.63) is 65.5 Å². The second-order valence-electron chi connectivity index (χ2n) is 6.63. The zero-order valence-electron chi connectivity index (χ0n) is 13.6. The average molecular weight is 308 g/mol. The second-order valence-corrected chi connectivity index (χ2v) is 6.63. The number of nitrogens with one attached hydrogen (secondary N) is 1. The highest BCUT2D eigenvalue weighted by Crippen LogP contribution is 2.36. The van der Waals surface area contributed by atoms with Crippen molar-refractivity contribution in [3.63, 3.8) is 0 Å². The lowest BCUT2D eigenvalue weighted by Crippen LogP contribution is -2.35. The van der Waals surface area contributed by atoms with Gasteiger partial charge in [-0.15, -0.1) is 0 Å². The number of rotatable bonds is 5. The summed E-state index contributed by atoms with van der Waals surface area (Å²) in [6.45, 7) is 3.80. The molecule has 1 aromatic carbocycles. The van der Waals surface area contributed by atoms with Crippen LogP contribution >= 0.6 is 0 Å². The largest absolute Gasteiger partial charge is 0.370 e. The molecule has 1 aliphatic rings. The lowest BCUT2D eigenvalue weighted by Gasteiger charge is -2.21. The molecule has 0 atom stereocenters. The number of fused-ring (bicyclic) bond motifs is 1. The maximum atomic E-state index is 6.00. The lowest BCUT2D eigenvalue weighted by atomic mass is 9.87. The number of hydrogen-bond acceptors (Lipinski definition) is 2. The van der Waals surface area contributed by atoms with E-state index >= 15 is 0 Å². The van der Waals surface area contributed by atoms with Gasteiger partial charge in [0.05, 0.1) is 0 Å². The molecule has 1 aliphatic carbocycles. The molecule has 4 heteroatoms. The van der Waals surface area contributed by atoms with Crippen molar-refractivity contribution in [2.24, 2.45) is 16.1 Å². The summed E-state index contributed by atoms with van der Waals surface area (Å²) >= 11 is 0. The van der Waals surface area contributed by atoms with E-state index in [1.54, 1.807) is 0 Å². The summed E-state index contributed by atoms with van der Waals surface area (Å²) < 4.78 is 0. The van der Waals surface area contributed by atoms with Crippen LogP contribution in [0.3, 0.4) is 0 Å². The van der Waals surface area contributed by atoms with E-state index in [4.69, 9.17) is 5.73 Å². The first-order chi connectivity index (χ1) is 11.1. The number of hydrogen-bond donors (Lipinski definition) is 2. The van der Waals surface area contributed by atoms with Gasteiger partial charge in [-0.2, -0.15) is 0 Å². The third kappa shape index (κ3) is 4.09. The van der Waals surface area contributed by atoms with E-state index in [1.807, 2.05) is 24.4 Å². The van der Waals surface area contributed by atoms with Crippen LogP contribution in [-0.2, 0) is 19.3 Å². The van der Waals surface area contributed by atoms with Gasteiger partial charge in [0.1, 0.15) is 0 Å². The molecule has 0 spiro atoms. The number of aromatic nitrogens is 1. The number of nitrogens with zero attached hydrogens (tertiary/aromatic N) is 2. The minimum Gasteiger partial charge on any atom is -0.370 e. The number of guanidine groups is 1. The Morgan fingerprint density at radius 2 is 1.87 bits per heavy atom. The Kier molecular flexibility index (Phi) is 4.60. The Labute approximate surface area is 137 Å². The Morgan fingerprint density at radius 1 is 1.17 bits per heavy atom. The molecule has 0 amide bonds. The van der Waals surface area contributed by atoms with Crippen molar-refractivity contribution >= 4 is 5.96 Å². The summed E-state index contributed by atoms with van der Waals surface area (Å²) in [5.74, 6) is 0.526. The Balaban J connectivity index is 1.48. The Bertz CT molecular complexity index is 654. The maximum absolute atomic E-state index is 6.00. The molecule has 0 unspecified atom stereocenters. The van der Waals surface area contributed by atoms with E-state index in [0.29, 0.717) is 5.96 Å². The van der Waals surface area contributed by atoms with Gasteiger partial charge < -0.3 is 11.1 Å². The van der Waals surface area contributed by atoms with Crippen molar-refractivity contribution in [1.29, 1.82) is 0 Å². The molecule has 0 saturated carbocycles. The predicted molar refractivity (Wildman–Crippen MR) is 94.4 cm³/mol. The molecule has 1 heterocycles. The third-order valence-electron chi connectivity index (χ3n) is 4.40. The summed E-state index contributed by atoms with van der Waals surface area (Å²) in [6.07, 6.45) is 4.81. The zero-order valence-corrected chi connectivity index (χ0v) is 13.6. The van der Waals surface area contributed by atoms with Crippen LogP contribution in [0, 0.1) is 5.41 Å². The van der Waals surface area contributed by atoms with Gasteiger partial charge in [0, 0.05) is 31.4 Å². The number of aliphatic imine (C=N–C) groups is 1. The van der Waals surface area contributed by atoms with Crippen LogP contribution < -0.4 is 11.1 Å². The van der Waals surface area contributed by atoms with E-state index in [2.05, 4.69) is 46.5 Å². The molecule has 23 heavy (non-hydrogen) atoms. The SMILES string of the molecule is CC1(CN=C(N)NCCc2ccccn2)Cc2ccccc2C1. The molecule has 0 bridgehead atoms. The Hall–Kier alpha value is -2.36. The Morgan fingerprint density at radius 3 is 2.52 bits per heavy atom. The van der Waals surface area contributed by atoms with Crippen molar-refractivity contribution in [3.8, 4) is 0 Å². The summed E-state index contributed by atoms with van der Waals surface area (Å²) in [5, 5.41) is 3.18. The summed E-state index contributed by atoms with van der Waals surface area (Å²) in [4.78, 5) is 8.85. The summed E-state index contributed by atoms with van der Waals surface area (Å²) in [6, 6.07) is 14.6. The van der Waals surface area contributed by atoms with E-state index < -0.39 is 0 Å². The lowest BCUT2D eigenvalue weighted by molar-refractivity contribution is 0.360. The van der Waals surface area contributed by atoms with E-state index in [0.717, 1.165) is 38.0 Å². The van der Waals surface area contributed by atoms with E-state index in [9.17, 15) is 0 Å². The molecule has 0 aliphatic heterocycles. The van der Waals surface area contributed by atoms with Crippen LogP contribution in [0.5, 0.6) is 0 Å². The highest BCUT2D eigenvalue weighted by molar-refractivity contribution is 5.77. The number of nitrogens with two attached hydrogens (primary N) is 1. The second kappa shape index (κ2) is 6.82. The fourth-order valence-electron chi connectivity index (χ4n) is 3.19. The number of benzene rings is 1. The first-order valence-corrected chi connectivity index (χ1v) is 8.15. The maximum Gasteiger partial charge on any atom is 0.188 e. The van der Waals surface area contributed by atoms with Crippen molar-refractivity contribution in [2.45, 2.75) is 26.2 Å². The first-order valence-electron chi connectivity index (χ1n) is 8.15. The topological polar surface area (TPSA) is 63.3 Å². The molecule has 1 aromatic heterocycles. The standard InChI is InChI=1S/C19H24N4/c1-19(12-15-6-2-3-7-16(15)13-19)14-23-18(20)22-11-9-17-8-4-5-10-21-17/h2-8,10H,9,11-14H2,1H3,(H3,20,22,23). The quantitative estimate of drug-likeness (QED) is 0.658. The smallest absolute Gasteiger partial charge is 0.188 e. The van der Waals surface area contributed by atoms with Crippen LogP contribution in [0.25, 0.3) is 0 Å². The van der Waals surface area contributed by atoms with Crippen LogP contribution in [-0.4, -0.2) is 24.0 Å². The van der Waals surface area contributed by atoms with Crippen LogP contribution in [0.4, 0.5) is 0 Å².